The summed E-state index contributed by atoms with van der Waals surface area (Å²) in [7, 11) is 0. The minimum absolute atomic E-state index is 0.299. The van der Waals surface area contributed by atoms with Crippen LogP contribution in [0.1, 0.15) is 12.5 Å². The Hall–Kier alpha value is -1.24. The molecule has 0 heterocycles. The Morgan fingerprint density at radius 2 is 2.36 bits per heavy atom. The van der Waals surface area contributed by atoms with E-state index in [9.17, 15) is 0 Å². The molecule has 4 heteroatoms. The molecular formula is C10H11ClN2O. The molecule has 0 spiro atoms. The van der Waals surface area contributed by atoms with Gasteiger partial charge in [0, 0.05) is 17.1 Å². The van der Waals surface area contributed by atoms with Crippen LogP contribution < -0.4 is 10.5 Å². The van der Waals surface area contributed by atoms with E-state index in [4.69, 9.17) is 27.3 Å². The molecule has 1 unspecified atom stereocenters. The highest BCUT2D eigenvalue weighted by atomic mass is 35.5. The Bertz CT molecular complexity index is 360. The highest BCUT2D eigenvalue weighted by molar-refractivity contribution is 6.31. The molecule has 0 radical (unpaired) electrons. The van der Waals surface area contributed by atoms with Crippen LogP contribution in [0.5, 0.6) is 5.75 Å². The summed E-state index contributed by atoms with van der Waals surface area (Å²) in [6.07, 6.45) is -0.501. The van der Waals surface area contributed by atoms with Gasteiger partial charge in [-0.3, -0.25) is 0 Å². The highest BCUT2D eigenvalue weighted by Crippen LogP contribution is 2.26. The normalized spacial score (nSPS) is 11.9. The van der Waals surface area contributed by atoms with Crippen molar-refractivity contribution in [1.29, 1.82) is 5.26 Å². The van der Waals surface area contributed by atoms with Crippen LogP contribution in [0.2, 0.25) is 5.02 Å². The van der Waals surface area contributed by atoms with Gasteiger partial charge in [-0.05, 0) is 19.1 Å². The van der Waals surface area contributed by atoms with Crippen molar-refractivity contribution in [3.63, 3.8) is 0 Å². The van der Waals surface area contributed by atoms with E-state index < -0.39 is 6.10 Å². The largest absolute Gasteiger partial charge is 0.475 e. The lowest BCUT2D eigenvalue weighted by Gasteiger charge is -2.12. The first-order valence-electron chi connectivity index (χ1n) is 4.22. The maximum atomic E-state index is 8.59. The number of hydrogen-bond donors (Lipinski definition) is 1. The topological polar surface area (TPSA) is 59.0 Å². The molecule has 1 rings (SSSR count). The number of hydrogen-bond acceptors (Lipinski definition) is 3. The van der Waals surface area contributed by atoms with E-state index in [1.165, 1.54) is 0 Å². The fourth-order valence-corrected chi connectivity index (χ4v) is 1.31. The number of nitriles is 1. The van der Waals surface area contributed by atoms with Crippen molar-refractivity contribution in [2.24, 2.45) is 5.73 Å². The zero-order valence-corrected chi connectivity index (χ0v) is 8.58. The summed E-state index contributed by atoms with van der Waals surface area (Å²) in [5.74, 6) is 0.578. The lowest BCUT2D eigenvalue weighted by atomic mass is 10.2. The summed E-state index contributed by atoms with van der Waals surface area (Å²) in [6, 6.07) is 7.24. The van der Waals surface area contributed by atoms with Crippen molar-refractivity contribution in [2.75, 3.05) is 0 Å². The molecule has 0 aliphatic rings. The van der Waals surface area contributed by atoms with E-state index in [-0.39, 0.29) is 0 Å². The number of nitrogens with zero attached hydrogens (tertiary/aromatic N) is 1. The predicted octanol–water partition coefficient (Wildman–Crippen LogP) is 2.09. The molecule has 3 nitrogen and oxygen atoms in total. The average Bonchev–Trinajstić information content (AvgIpc) is 2.18. The second-order valence-electron chi connectivity index (χ2n) is 2.81. The summed E-state index contributed by atoms with van der Waals surface area (Å²) in [6.45, 7) is 1.97. The van der Waals surface area contributed by atoms with Gasteiger partial charge < -0.3 is 10.5 Å². The first-order chi connectivity index (χ1) is 6.69. The molecule has 2 N–H and O–H groups in total. The number of nitrogens with two attached hydrogens (primary N) is 1. The van der Waals surface area contributed by atoms with E-state index in [0.29, 0.717) is 17.3 Å². The molecule has 0 saturated carbocycles. The number of halogens is 1. The van der Waals surface area contributed by atoms with Gasteiger partial charge in [0.25, 0.3) is 0 Å². The van der Waals surface area contributed by atoms with E-state index >= 15 is 0 Å². The third-order valence-electron chi connectivity index (χ3n) is 1.77. The van der Waals surface area contributed by atoms with Crippen LogP contribution in [-0.2, 0) is 6.54 Å². The van der Waals surface area contributed by atoms with Crippen LogP contribution in [0, 0.1) is 11.3 Å². The number of ether oxygens (including phenoxy) is 1. The standard InChI is InChI=1S/C10H11ClN2O/c1-7(5-12)14-10-4-2-3-9(11)8(10)6-13/h2-4,7H,6,13H2,1H3. The molecule has 0 aliphatic heterocycles. The van der Waals surface area contributed by atoms with Crippen molar-refractivity contribution in [3.05, 3.63) is 28.8 Å². The zero-order chi connectivity index (χ0) is 10.6. The van der Waals surface area contributed by atoms with Gasteiger partial charge in [-0.25, -0.2) is 0 Å². The summed E-state index contributed by atoms with van der Waals surface area (Å²) < 4.78 is 5.34. The molecular weight excluding hydrogens is 200 g/mol. The van der Waals surface area contributed by atoms with Gasteiger partial charge in [0.05, 0.1) is 0 Å². The monoisotopic (exact) mass is 210 g/mol. The van der Waals surface area contributed by atoms with Crippen molar-refractivity contribution in [1.82, 2.24) is 0 Å². The second kappa shape index (κ2) is 4.85. The Morgan fingerprint density at radius 3 is 2.93 bits per heavy atom. The second-order valence-corrected chi connectivity index (χ2v) is 3.22. The van der Waals surface area contributed by atoms with E-state index in [0.717, 1.165) is 5.56 Å². The molecule has 0 fully saturated rings. The maximum absolute atomic E-state index is 8.59. The quantitative estimate of drug-likeness (QED) is 0.831. The van der Waals surface area contributed by atoms with Gasteiger partial charge in [-0.1, -0.05) is 17.7 Å². The van der Waals surface area contributed by atoms with E-state index in [1.807, 2.05) is 6.07 Å². The van der Waals surface area contributed by atoms with Crippen molar-refractivity contribution >= 4 is 11.6 Å². The van der Waals surface area contributed by atoms with E-state index in [2.05, 4.69) is 0 Å². The van der Waals surface area contributed by atoms with Crippen LogP contribution in [0.4, 0.5) is 0 Å². The Morgan fingerprint density at radius 1 is 1.64 bits per heavy atom. The fraction of sp³-hybridized carbons (Fsp3) is 0.300. The van der Waals surface area contributed by atoms with Gasteiger partial charge in [0.1, 0.15) is 11.8 Å². The molecule has 1 atom stereocenters. The minimum Gasteiger partial charge on any atom is -0.475 e. The van der Waals surface area contributed by atoms with Gasteiger partial charge in [0.15, 0.2) is 6.10 Å². The molecule has 74 valence electrons. The smallest absolute Gasteiger partial charge is 0.181 e. The summed E-state index contributed by atoms with van der Waals surface area (Å²) >= 11 is 5.91. The molecule has 1 aromatic carbocycles. The Kier molecular flexibility index (Phi) is 3.75. The van der Waals surface area contributed by atoms with Crippen molar-refractivity contribution in [2.45, 2.75) is 19.6 Å². The first-order valence-corrected chi connectivity index (χ1v) is 4.60. The molecule has 0 saturated heterocycles. The van der Waals surface area contributed by atoms with Crippen LogP contribution >= 0.6 is 11.6 Å². The highest BCUT2D eigenvalue weighted by Gasteiger charge is 2.09. The van der Waals surface area contributed by atoms with Gasteiger partial charge in [-0.15, -0.1) is 0 Å². The molecule has 0 aromatic heterocycles. The minimum atomic E-state index is -0.501. The van der Waals surface area contributed by atoms with Crippen LogP contribution in [0.25, 0.3) is 0 Å². The molecule has 1 aromatic rings. The summed E-state index contributed by atoms with van der Waals surface area (Å²) in [5.41, 5.74) is 6.25. The molecule has 0 bridgehead atoms. The fourth-order valence-electron chi connectivity index (χ4n) is 1.06. The molecule has 0 aliphatic carbocycles. The van der Waals surface area contributed by atoms with Crippen LogP contribution in [0.15, 0.2) is 18.2 Å². The molecule has 0 amide bonds. The Balaban J connectivity index is 2.97. The summed E-state index contributed by atoms with van der Waals surface area (Å²) in [4.78, 5) is 0. The third kappa shape index (κ3) is 2.38. The predicted molar refractivity (Wildman–Crippen MR) is 55.0 cm³/mol. The maximum Gasteiger partial charge on any atom is 0.181 e. The van der Waals surface area contributed by atoms with Gasteiger partial charge >= 0.3 is 0 Å². The lowest BCUT2D eigenvalue weighted by molar-refractivity contribution is 0.274. The van der Waals surface area contributed by atoms with Crippen molar-refractivity contribution < 1.29 is 4.74 Å². The Labute approximate surface area is 88.0 Å². The van der Waals surface area contributed by atoms with E-state index in [1.54, 1.807) is 25.1 Å². The summed E-state index contributed by atoms with van der Waals surface area (Å²) in [5, 5.41) is 9.15. The third-order valence-corrected chi connectivity index (χ3v) is 2.12. The number of rotatable bonds is 3. The van der Waals surface area contributed by atoms with Gasteiger partial charge in [-0.2, -0.15) is 5.26 Å². The van der Waals surface area contributed by atoms with Crippen LogP contribution in [-0.4, -0.2) is 6.10 Å². The van der Waals surface area contributed by atoms with Gasteiger partial charge in [0.2, 0.25) is 0 Å². The molecule has 14 heavy (non-hydrogen) atoms. The first kappa shape index (κ1) is 10.8. The average molecular weight is 211 g/mol. The zero-order valence-electron chi connectivity index (χ0n) is 7.83. The lowest BCUT2D eigenvalue weighted by Crippen LogP contribution is -2.11. The van der Waals surface area contributed by atoms with Crippen molar-refractivity contribution in [3.8, 4) is 11.8 Å². The number of benzene rings is 1. The SMILES string of the molecule is CC(C#N)Oc1cccc(Cl)c1CN. The van der Waals surface area contributed by atoms with Crippen LogP contribution in [0.3, 0.4) is 0 Å².